The van der Waals surface area contributed by atoms with Crippen LogP contribution in [0.1, 0.15) is 0 Å². The van der Waals surface area contributed by atoms with Gasteiger partial charge in [-0.25, -0.2) is 0 Å². The minimum absolute atomic E-state index is 0.332. The maximum Gasteiger partial charge on any atom is 0.244 e. The maximum atomic E-state index is 9.82. The Bertz CT molecular complexity index is 87.7. The highest BCUT2D eigenvalue weighted by molar-refractivity contribution is 6.66. The SMILES string of the molecule is O=C(Cl)C=CCCl. The lowest BCUT2D eigenvalue weighted by molar-refractivity contribution is -0.107. The predicted octanol–water partition coefficient (Wildman–Crippen LogP) is 1.55. The van der Waals surface area contributed by atoms with Gasteiger partial charge in [-0.05, 0) is 17.7 Å². The Hall–Kier alpha value is -0.0100. The molecule has 3 heteroatoms. The molecular weight excluding hydrogens is 135 g/mol. The van der Waals surface area contributed by atoms with E-state index in [1.54, 1.807) is 0 Å². The number of allylic oxidation sites excluding steroid dienone is 2. The number of hydrogen-bond acceptors (Lipinski definition) is 1. The Morgan fingerprint density at radius 2 is 2.29 bits per heavy atom. The van der Waals surface area contributed by atoms with Crippen LogP contribution >= 0.6 is 23.2 Å². The molecule has 0 saturated carbocycles. The second-order valence-electron chi connectivity index (χ2n) is 0.861. The van der Waals surface area contributed by atoms with Gasteiger partial charge in [-0.1, -0.05) is 6.08 Å². The van der Waals surface area contributed by atoms with E-state index < -0.39 is 5.24 Å². The summed E-state index contributed by atoms with van der Waals surface area (Å²) in [5, 5.41) is -0.486. The van der Waals surface area contributed by atoms with Gasteiger partial charge >= 0.3 is 0 Å². The molecule has 0 fully saturated rings. The molecule has 0 aromatic heterocycles. The molecule has 0 aromatic carbocycles. The summed E-state index contributed by atoms with van der Waals surface area (Å²) in [7, 11) is 0. The third kappa shape index (κ3) is 5.99. The van der Waals surface area contributed by atoms with E-state index in [-0.39, 0.29) is 0 Å². The van der Waals surface area contributed by atoms with Gasteiger partial charge in [0.2, 0.25) is 5.24 Å². The van der Waals surface area contributed by atoms with Gasteiger partial charge in [0.1, 0.15) is 0 Å². The topological polar surface area (TPSA) is 17.1 Å². The van der Waals surface area contributed by atoms with Crippen molar-refractivity contribution < 1.29 is 4.79 Å². The third-order valence-electron chi connectivity index (χ3n) is 0.338. The molecule has 40 valence electrons. The minimum Gasteiger partial charge on any atom is -0.276 e. The first-order valence-electron chi connectivity index (χ1n) is 1.69. The normalized spacial score (nSPS) is 10.0. The summed E-state index contributed by atoms with van der Waals surface area (Å²) in [4.78, 5) is 9.82. The smallest absolute Gasteiger partial charge is 0.244 e. The molecule has 0 spiro atoms. The van der Waals surface area contributed by atoms with E-state index in [1.165, 1.54) is 12.2 Å². The number of halogens is 2. The molecular formula is C4H4Cl2O. The number of rotatable bonds is 2. The van der Waals surface area contributed by atoms with E-state index >= 15 is 0 Å². The molecule has 0 aliphatic rings. The molecule has 0 aromatic rings. The van der Waals surface area contributed by atoms with Gasteiger partial charge in [-0.15, -0.1) is 11.6 Å². The molecule has 0 amide bonds. The molecule has 0 N–H and O–H groups in total. The Balaban J connectivity index is 3.26. The van der Waals surface area contributed by atoms with Crippen molar-refractivity contribution in [3.05, 3.63) is 12.2 Å². The second-order valence-corrected chi connectivity index (χ2v) is 1.54. The quantitative estimate of drug-likeness (QED) is 0.322. The molecule has 0 atom stereocenters. The number of carbonyl (C=O) groups excluding carboxylic acids is 1. The lowest BCUT2D eigenvalue weighted by Gasteiger charge is -1.70. The fourth-order valence-electron chi connectivity index (χ4n) is 0.137. The van der Waals surface area contributed by atoms with E-state index in [4.69, 9.17) is 23.2 Å². The third-order valence-corrected chi connectivity index (χ3v) is 0.642. The van der Waals surface area contributed by atoms with Crippen LogP contribution in [0.2, 0.25) is 0 Å². The highest BCUT2D eigenvalue weighted by Crippen LogP contribution is 1.83. The van der Waals surface area contributed by atoms with Crippen molar-refractivity contribution in [1.82, 2.24) is 0 Å². The molecule has 0 radical (unpaired) electrons. The summed E-state index contributed by atoms with van der Waals surface area (Å²) in [6, 6.07) is 0. The molecule has 0 rings (SSSR count). The van der Waals surface area contributed by atoms with Gasteiger partial charge in [0.25, 0.3) is 0 Å². The Kier molecular flexibility index (Phi) is 4.15. The van der Waals surface area contributed by atoms with Gasteiger partial charge in [0.05, 0.1) is 0 Å². The van der Waals surface area contributed by atoms with Crippen LogP contribution in [0, 0.1) is 0 Å². The fourth-order valence-corrected chi connectivity index (χ4v) is 0.315. The first kappa shape index (κ1) is 6.99. The summed E-state index contributed by atoms with van der Waals surface area (Å²) in [5.41, 5.74) is 0. The van der Waals surface area contributed by atoms with Crippen LogP contribution < -0.4 is 0 Å². The molecule has 7 heavy (non-hydrogen) atoms. The minimum atomic E-state index is -0.486. The molecule has 0 bridgehead atoms. The summed E-state index contributed by atoms with van der Waals surface area (Å²) in [6.45, 7) is 0. The average Bonchev–Trinajstić information content (AvgIpc) is 1.61. The van der Waals surface area contributed by atoms with Crippen LogP contribution in [-0.2, 0) is 4.79 Å². The van der Waals surface area contributed by atoms with Crippen LogP contribution in [0.25, 0.3) is 0 Å². The highest BCUT2D eigenvalue weighted by atomic mass is 35.5. The molecule has 0 heterocycles. The first-order chi connectivity index (χ1) is 3.27. The number of carbonyl (C=O) groups is 1. The van der Waals surface area contributed by atoms with Crippen molar-refractivity contribution in [2.45, 2.75) is 0 Å². The standard InChI is InChI=1S/C4H4Cl2O/c5-3-1-2-4(6)7/h1-2H,3H2. The molecule has 0 unspecified atom stereocenters. The highest BCUT2D eigenvalue weighted by Gasteiger charge is 1.79. The zero-order valence-corrected chi connectivity index (χ0v) is 5.04. The van der Waals surface area contributed by atoms with Gasteiger partial charge in [0, 0.05) is 5.88 Å². The number of hydrogen-bond donors (Lipinski definition) is 0. The van der Waals surface area contributed by atoms with Gasteiger partial charge in [-0.3, -0.25) is 4.79 Å². The van der Waals surface area contributed by atoms with Crippen molar-refractivity contribution in [2.75, 3.05) is 5.88 Å². The lowest BCUT2D eigenvalue weighted by Crippen LogP contribution is -1.73. The average molecular weight is 139 g/mol. The van der Waals surface area contributed by atoms with E-state index in [1.807, 2.05) is 0 Å². The van der Waals surface area contributed by atoms with Crippen molar-refractivity contribution >= 4 is 28.4 Å². The van der Waals surface area contributed by atoms with Gasteiger partial charge in [0.15, 0.2) is 0 Å². The van der Waals surface area contributed by atoms with E-state index in [0.29, 0.717) is 5.88 Å². The maximum absolute atomic E-state index is 9.82. The van der Waals surface area contributed by atoms with Crippen LogP contribution in [0.4, 0.5) is 0 Å². The first-order valence-corrected chi connectivity index (χ1v) is 2.60. The summed E-state index contributed by atoms with van der Waals surface area (Å²) >= 11 is 10.0. The second kappa shape index (κ2) is 4.16. The molecule has 0 aliphatic carbocycles. The zero-order valence-electron chi connectivity index (χ0n) is 3.53. The summed E-state index contributed by atoms with van der Waals surface area (Å²) in [6.07, 6.45) is 2.70. The predicted molar refractivity (Wildman–Crippen MR) is 30.7 cm³/mol. The summed E-state index contributed by atoms with van der Waals surface area (Å²) in [5.74, 6) is 0.332. The van der Waals surface area contributed by atoms with Gasteiger partial charge < -0.3 is 0 Å². The molecule has 1 nitrogen and oxygen atoms in total. The van der Waals surface area contributed by atoms with E-state index in [0.717, 1.165) is 0 Å². The van der Waals surface area contributed by atoms with Crippen LogP contribution in [0.5, 0.6) is 0 Å². The Morgan fingerprint density at radius 1 is 1.71 bits per heavy atom. The van der Waals surface area contributed by atoms with Crippen molar-refractivity contribution in [2.24, 2.45) is 0 Å². The van der Waals surface area contributed by atoms with E-state index in [9.17, 15) is 4.79 Å². The van der Waals surface area contributed by atoms with E-state index in [2.05, 4.69) is 0 Å². The largest absolute Gasteiger partial charge is 0.276 e. The van der Waals surface area contributed by atoms with Gasteiger partial charge in [-0.2, -0.15) is 0 Å². The Labute approximate surface area is 51.9 Å². The van der Waals surface area contributed by atoms with Crippen LogP contribution in [0.15, 0.2) is 12.2 Å². The van der Waals surface area contributed by atoms with Crippen molar-refractivity contribution in [3.8, 4) is 0 Å². The van der Waals surface area contributed by atoms with Crippen LogP contribution in [-0.4, -0.2) is 11.1 Å². The summed E-state index contributed by atoms with van der Waals surface area (Å²) < 4.78 is 0. The van der Waals surface area contributed by atoms with Crippen molar-refractivity contribution in [3.63, 3.8) is 0 Å². The molecule has 0 aliphatic heterocycles. The van der Waals surface area contributed by atoms with Crippen molar-refractivity contribution in [1.29, 1.82) is 0 Å². The zero-order chi connectivity index (χ0) is 5.70. The fraction of sp³-hybridized carbons (Fsp3) is 0.250. The van der Waals surface area contributed by atoms with Crippen LogP contribution in [0.3, 0.4) is 0 Å². The molecule has 0 saturated heterocycles. The lowest BCUT2D eigenvalue weighted by atomic mass is 10.6. The Morgan fingerprint density at radius 3 is 2.43 bits per heavy atom. The number of alkyl halides is 1. The monoisotopic (exact) mass is 138 g/mol.